The van der Waals surface area contributed by atoms with Crippen LogP contribution in [0.4, 0.5) is 5.82 Å². The summed E-state index contributed by atoms with van der Waals surface area (Å²) in [7, 11) is 0. The summed E-state index contributed by atoms with van der Waals surface area (Å²) in [6.07, 6.45) is 4.02. The zero-order valence-electron chi connectivity index (χ0n) is 20.3. The van der Waals surface area contributed by atoms with Crippen molar-refractivity contribution in [1.82, 2.24) is 9.97 Å². The van der Waals surface area contributed by atoms with Gasteiger partial charge in [-0.2, -0.15) is 0 Å². The smallest absolute Gasteiger partial charge is 0.135 e. The van der Waals surface area contributed by atoms with Gasteiger partial charge in [0.25, 0.3) is 0 Å². The van der Waals surface area contributed by atoms with Crippen LogP contribution < -0.4 is 5.73 Å². The molecule has 0 bridgehead atoms. The van der Waals surface area contributed by atoms with E-state index in [0.717, 1.165) is 24.2 Å². The molecule has 3 nitrogen and oxygen atoms in total. The summed E-state index contributed by atoms with van der Waals surface area (Å²) in [6.45, 7) is 22.3. The number of anilines is 1. The Hall–Kier alpha value is -1.90. The van der Waals surface area contributed by atoms with Gasteiger partial charge in [0.15, 0.2) is 0 Å². The van der Waals surface area contributed by atoms with E-state index in [2.05, 4.69) is 103 Å². The van der Waals surface area contributed by atoms with Gasteiger partial charge in [-0.1, -0.05) is 93.5 Å². The minimum Gasteiger partial charge on any atom is -0.383 e. The van der Waals surface area contributed by atoms with Crippen molar-refractivity contribution in [2.45, 2.75) is 104 Å². The first-order chi connectivity index (χ1) is 13.0. The molecule has 0 aliphatic heterocycles. The van der Waals surface area contributed by atoms with Gasteiger partial charge in [-0.25, -0.2) is 9.97 Å². The molecule has 0 aliphatic carbocycles. The molecule has 0 amide bonds. The maximum absolute atomic E-state index is 6.36. The first-order valence-electron chi connectivity index (χ1n) is 10.8. The molecule has 1 aromatic carbocycles. The third kappa shape index (κ3) is 5.58. The van der Waals surface area contributed by atoms with Crippen LogP contribution in [0.3, 0.4) is 0 Å². The van der Waals surface area contributed by atoms with Crippen molar-refractivity contribution in [2.24, 2.45) is 0 Å². The second-order valence-corrected chi connectivity index (χ2v) is 11.8. The van der Waals surface area contributed by atoms with Crippen LogP contribution in [0.2, 0.25) is 0 Å². The molecule has 1 aromatic heterocycles. The van der Waals surface area contributed by atoms with E-state index >= 15 is 0 Å². The Labute approximate surface area is 178 Å². The largest absolute Gasteiger partial charge is 0.383 e. The number of rotatable bonds is 5. The van der Waals surface area contributed by atoms with Crippen LogP contribution in [0.5, 0.6) is 0 Å². The second-order valence-electron chi connectivity index (χ2n) is 11.8. The molecule has 2 rings (SSSR count). The van der Waals surface area contributed by atoms with Crippen LogP contribution in [0.15, 0.2) is 30.5 Å². The van der Waals surface area contributed by atoms with Gasteiger partial charge < -0.3 is 5.73 Å². The van der Waals surface area contributed by atoms with E-state index < -0.39 is 0 Å². The molecule has 0 spiro atoms. The average Bonchev–Trinajstić information content (AvgIpc) is 2.58. The van der Waals surface area contributed by atoms with Gasteiger partial charge in [0.1, 0.15) is 11.6 Å². The lowest BCUT2D eigenvalue weighted by molar-refractivity contribution is 0.373. The highest BCUT2D eigenvalue weighted by atomic mass is 15.0. The van der Waals surface area contributed by atoms with E-state index in [9.17, 15) is 0 Å². The molecule has 2 N–H and O–H groups in total. The number of nitrogens with two attached hydrogens (primary N) is 1. The van der Waals surface area contributed by atoms with Crippen molar-refractivity contribution in [3.05, 3.63) is 53.0 Å². The van der Waals surface area contributed by atoms with Crippen molar-refractivity contribution < 1.29 is 0 Å². The fraction of sp³-hybridized carbons (Fsp3) is 0.615. The third-order valence-electron chi connectivity index (χ3n) is 6.13. The van der Waals surface area contributed by atoms with E-state index in [1.54, 1.807) is 0 Å². The SMILES string of the molecule is CC(C)(C)c1ccc(C(C)(C)CCC(C)(C)c2cnc(C(C)(C)C)nc2N)cc1. The molecule has 0 atom stereocenters. The van der Waals surface area contributed by atoms with Crippen molar-refractivity contribution in [3.63, 3.8) is 0 Å². The van der Waals surface area contributed by atoms with Gasteiger partial charge in [0, 0.05) is 17.2 Å². The molecule has 2 aromatic rings. The maximum Gasteiger partial charge on any atom is 0.135 e. The fourth-order valence-corrected chi connectivity index (χ4v) is 3.60. The van der Waals surface area contributed by atoms with E-state index in [1.807, 2.05) is 6.20 Å². The highest BCUT2D eigenvalue weighted by molar-refractivity contribution is 5.43. The van der Waals surface area contributed by atoms with E-state index in [1.165, 1.54) is 11.1 Å². The Kier molecular flexibility index (Phi) is 6.24. The Balaban J connectivity index is 2.18. The number of benzene rings is 1. The predicted molar refractivity (Wildman–Crippen MR) is 126 cm³/mol. The highest BCUT2D eigenvalue weighted by Crippen LogP contribution is 2.38. The van der Waals surface area contributed by atoms with E-state index in [-0.39, 0.29) is 21.7 Å². The lowest BCUT2D eigenvalue weighted by Gasteiger charge is -2.33. The quantitative estimate of drug-likeness (QED) is 0.613. The molecule has 29 heavy (non-hydrogen) atoms. The molecule has 160 valence electrons. The van der Waals surface area contributed by atoms with Gasteiger partial charge in [0.2, 0.25) is 0 Å². The van der Waals surface area contributed by atoms with Crippen LogP contribution >= 0.6 is 0 Å². The van der Waals surface area contributed by atoms with Crippen LogP contribution in [-0.2, 0) is 21.7 Å². The summed E-state index contributed by atoms with van der Waals surface area (Å²) in [5, 5.41) is 0. The molecule has 0 fully saturated rings. The topological polar surface area (TPSA) is 51.8 Å². The van der Waals surface area contributed by atoms with Crippen molar-refractivity contribution in [3.8, 4) is 0 Å². The Morgan fingerprint density at radius 3 is 1.62 bits per heavy atom. The highest BCUT2D eigenvalue weighted by Gasteiger charge is 2.30. The molecule has 3 heteroatoms. The summed E-state index contributed by atoms with van der Waals surface area (Å²) >= 11 is 0. The second kappa shape index (κ2) is 7.74. The molecular formula is C26H41N3. The number of hydrogen-bond acceptors (Lipinski definition) is 3. The summed E-state index contributed by atoms with van der Waals surface area (Å²) < 4.78 is 0. The molecular weight excluding hydrogens is 354 g/mol. The van der Waals surface area contributed by atoms with Gasteiger partial charge >= 0.3 is 0 Å². The van der Waals surface area contributed by atoms with E-state index in [4.69, 9.17) is 5.73 Å². The lowest BCUT2D eigenvalue weighted by atomic mass is 9.72. The monoisotopic (exact) mass is 395 g/mol. The zero-order chi connectivity index (χ0) is 22.3. The average molecular weight is 396 g/mol. The standard InChI is InChI=1S/C26H41N3/c1-23(2,3)18-11-13-19(14-12-18)25(7,8)15-16-26(9,10)20-17-28-22(24(4,5)6)29-21(20)27/h11-14,17H,15-16H2,1-10H3,(H2,27,28,29). The Morgan fingerprint density at radius 2 is 1.17 bits per heavy atom. The normalized spacial score (nSPS) is 13.6. The van der Waals surface area contributed by atoms with Gasteiger partial charge in [0.05, 0.1) is 0 Å². The Bertz CT molecular complexity index is 832. The molecule has 0 saturated carbocycles. The lowest BCUT2D eigenvalue weighted by Crippen LogP contribution is -2.27. The van der Waals surface area contributed by atoms with Crippen LogP contribution in [-0.4, -0.2) is 9.97 Å². The first kappa shape index (κ1) is 23.4. The maximum atomic E-state index is 6.36. The number of aromatic nitrogens is 2. The van der Waals surface area contributed by atoms with Gasteiger partial charge in [-0.3, -0.25) is 0 Å². The molecule has 0 unspecified atom stereocenters. The summed E-state index contributed by atoms with van der Waals surface area (Å²) in [5.74, 6) is 1.41. The first-order valence-corrected chi connectivity index (χ1v) is 10.8. The molecule has 1 heterocycles. The Morgan fingerprint density at radius 1 is 0.690 bits per heavy atom. The van der Waals surface area contributed by atoms with Crippen molar-refractivity contribution in [2.75, 3.05) is 5.73 Å². The van der Waals surface area contributed by atoms with Crippen molar-refractivity contribution >= 4 is 5.82 Å². The minimum absolute atomic E-state index is 0.0802. The summed E-state index contributed by atoms with van der Waals surface area (Å²) in [6, 6.07) is 9.14. The number of nitrogens with zero attached hydrogens (tertiary/aromatic N) is 2. The fourth-order valence-electron chi connectivity index (χ4n) is 3.60. The zero-order valence-corrected chi connectivity index (χ0v) is 20.3. The van der Waals surface area contributed by atoms with E-state index in [0.29, 0.717) is 5.82 Å². The molecule has 0 radical (unpaired) electrons. The number of hydrogen-bond donors (Lipinski definition) is 1. The molecule has 0 saturated heterocycles. The summed E-state index contributed by atoms with van der Waals surface area (Å²) in [5.41, 5.74) is 10.3. The predicted octanol–water partition coefficient (Wildman–Crippen LogP) is 6.69. The number of nitrogen functional groups attached to an aromatic ring is 1. The minimum atomic E-state index is -0.0992. The van der Waals surface area contributed by atoms with Crippen LogP contribution in [0, 0.1) is 0 Å². The van der Waals surface area contributed by atoms with Crippen LogP contribution in [0.1, 0.15) is 105 Å². The van der Waals surface area contributed by atoms with Gasteiger partial charge in [-0.15, -0.1) is 0 Å². The molecule has 0 aliphatic rings. The van der Waals surface area contributed by atoms with Crippen molar-refractivity contribution in [1.29, 1.82) is 0 Å². The third-order valence-corrected chi connectivity index (χ3v) is 6.13. The summed E-state index contributed by atoms with van der Waals surface area (Å²) in [4.78, 5) is 9.23. The van der Waals surface area contributed by atoms with Crippen LogP contribution in [0.25, 0.3) is 0 Å². The van der Waals surface area contributed by atoms with Gasteiger partial charge in [-0.05, 0) is 40.2 Å².